The second-order valence-corrected chi connectivity index (χ2v) is 5.06. The fraction of sp³-hybridized carbons (Fsp3) is 0.158. The molecule has 2 heteroatoms. The van der Waals surface area contributed by atoms with Crippen LogP contribution in [0.2, 0.25) is 0 Å². The first-order chi connectivity index (χ1) is 10.4. The van der Waals surface area contributed by atoms with E-state index in [2.05, 4.69) is 59.9 Å². The van der Waals surface area contributed by atoms with Gasteiger partial charge in [0.25, 0.3) is 0 Å². The lowest BCUT2D eigenvalue weighted by Crippen LogP contribution is -2.13. The van der Waals surface area contributed by atoms with Crippen LogP contribution in [0.5, 0.6) is 5.75 Å². The van der Waals surface area contributed by atoms with Crippen molar-refractivity contribution in [3.05, 3.63) is 77.9 Å². The fourth-order valence-corrected chi connectivity index (χ4v) is 2.62. The van der Waals surface area contributed by atoms with Crippen LogP contribution in [0.15, 0.2) is 66.7 Å². The van der Waals surface area contributed by atoms with E-state index in [0.29, 0.717) is 0 Å². The first-order valence-corrected chi connectivity index (χ1v) is 7.18. The Morgan fingerprint density at radius 1 is 0.810 bits per heavy atom. The second-order valence-electron chi connectivity index (χ2n) is 5.06. The number of hydrogen-bond donors (Lipinski definition) is 1. The standard InChI is InChI=1S/C19H19NO/c1-21-19-12-11-16-9-5-6-10-17(16)18(19)14-20-13-15-7-3-2-4-8-15/h2-12,20H,13-14H2,1H3. The van der Waals surface area contributed by atoms with E-state index in [1.165, 1.54) is 21.9 Å². The number of ether oxygens (including phenoxy) is 1. The van der Waals surface area contributed by atoms with E-state index < -0.39 is 0 Å². The molecule has 3 rings (SSSR count). The number of fused-ring (bicyclic) bond motifs is 1. The minimum Gasteiger partial charge on any atom is -0.496 e. The Bertz CT molecular complexity index is 722. The third-order valence-corrected chi connectivity index (χ3v) is 3.69. The van der Waals surface area contributed by atoms with Crippen molar-refractivity contribution in [1.29, 1.82) is 0 Å². The van der Waals surface area contributed by atoms with Gasteiger partial charge in [0.1, 0.15) is 5.75 Å². The van der Waals surface area contributed by atoms with Gasteiger partial charge in [-0.05, 0) is 22.4 Å². The molecule has 0 aliphatic rings. The lowest BCUT2D eigenvalue weighted by atomic mass is 10.0. The van der Waals surface area contributed by atoms with Crippen LogP contribution < -0.4 is 10.1 Å². The molecule has 0 atom stereocenters. The SMILES string of the molecule is COc1ccc2ccccc2c1CNCc1ccccc1. The van der Waals surface area contributed by atoms with E-state index >= 15 is 0 Å². The highest BCUT2D eigenvalue weighted by Crippen LogP contribution is 2.27. The summed E-state index contributed by atoms with van der Waals surface area (Å²) >= 11 is 0. The van der Waals surface area contributed by atoms with Crippen LogP contribution in [0, 0.1) is 0 Å². The van der Waals surface area contributed by atoms with Gasteiger partial charge in [-0.1, -0.05) is 60.7 Å². The van der Waals surface area contributed by atoms with Crippen molar-refractivity contribution in [3.8, 4) is 5.75 Å². The molecular weight excluding hydrogens is 258 g/mol. The van der Waals surface area contributed by atoms with E-state index in [0.717, 1.165) is 18.8 Å². The Balaban J connectivity index is 1.82. The summed E-state index contributed by atoms with van der Waals surface area (Å²) in [6, 6.07) is 23.0. The summed E-state index contributed by atoms with van der Waals surface area (Å²) in [4.78, 5) is 0. The molecule has 0 heterocycles. The van der Waals surface area contributed by atoms with E-state index in [4.69, 9.17) is 4.74 Å². The summed E-state index contributed by atoms with van der Waals surface area (Å²) in [5.74, 6) is 0.939. The quantitative estimate of drug-likeness (QED) is 0.757. The van der Waals surface area contributed by atoms with Crippen molar-refractivity contribution >= 4 is 10.8 Å². The molecule has 3 aromatic rings. The first kappa shape index (κ1) is 13.7. The highest BCUT2D eigenvalue weighted by molar-refractivity contribution is 5.87. The molecule has 0 amide bonds. The summed E-state index contributed by atoms with van der Waals surface area (Å²) in [5.41, 5.74) is 2.50. The maximum atomic E-state index is 5.52. The number of benzene rings is 3. The molecule has 0 bridgehead atoms. The largest absolute Gasteiger partial charge is 0.496 e. The lowest BCUT2D eigenvalue weighted by molar-refractivity contribution is 0.408. The summed E-state index contributed by atoms with van der Waals surface area (Å²) in [5, 5.41) is 6.00. The van der Waals surface area contributed by atoms with Gasteiger partial charge in [-0.2, -0.15) is 0 Å². The lowest BCUT2D eigenvalue weighted by Gasteiger charge is -2.13. The Morgan fingerprint density at radius 3 is 2.38 bits per heavy atom. The van der Waals surface area contributed by atoms with Gasteiger partial charge in [0.2, 0.25) is 0 Å². The number of nitrogens with one attached hydrogen (secondary N) is 1. The van der Waals surface area contributed by atoms with Crippen molar-refractivity contribution in [2.45, 2.75) is 13.1 Å². The van der Waals surface area contributed by atoms with Crippen molar-refractivity contribution in [1.82, 2.24) is 5.32 Å². The highest BCUT2D eigenvalue weighted by Gasteiger charge is 2.07. The second kappa shape index (κ2) is 6.42. The van der Waals surface area contributed by atoms with Crippen LogP contribution in [0.3, 0.4) is 0 Å². The molecule has 106 valence electrons. The minimum atomic E-state index is 0.791. The molecule has 0 aromatic heterocycles. The van der Waals surface area contributed by atoms with E-state index in [-0.39, 0.29) is 0 Å². The Hall–Kier alpha value is -2.32. The average molecular weight is 277 g/mol. The van der Waals surface area contributed by atoms with Crippen molar-refractivity contribution < 1.29 is 4.74 Å². The molecule has 0 unspecified atom stereocenters. The van der Waals surface area contributed by atoms with Gasteiger partial charge in [-0.25, -0.2) is 0 Å². The molecular formula is C19H19NO. The normalized spacial score (nSPS) is 10.7. The summed E-state index contributed by atoms with van der Waals surface area (Å²) in [7, 11) is 1.73. The van der Waals surface area contributed by atoms with Crippen LogP contribution in [0.4, 0.5) is 0 Å². The van der Waals surface area contributed by atoms with Gasteiger partial charge in [-0.15, -0.1) is 0 Å². The zero-order chi connectivity index (χ0) is 14.5. The smallest absolute Gasteiger partial charge is 0.123 e. The molecule has 0 saturated carbocycles. The molecule has 2 nitrogen and oxygen atoms in total. The maximum absolute atomic E-state index is 5.52. The van der Waals surface area contributed by atoms with Gasteiger partial charge in [-0.3, -0.25) is 0 Å². The van der Waals surface area contributed by atoms with Crippen LogP contribution in [-0.2, 0) is 13.1 Å². The van der Waals surface area contributed by atoms with Crippen molar-refractivity contribution in [3.63, 3.8) is 0 Å². The van der Waals surface area contributed by atoms with E-state index in [1.807, 2.05) is 12.1 Å². The summed E-state index contributed by atoms with van der Waals surface area (Å²) < 4.78 is 5.52. The minimum absolute atomic E-state index is 0.791. The van der Waals surface area contributed by atoms with Crippen LogP contribution in [-0.4, -0.2) is 7.11 Å². The van der Waals surface area contributed by atoms with E-state index in [1.54, 1.807) is 7.11 Å². The molecule has 0 aliphatic carbocycles. The number of methoxy groups -OCH3 is 1. The third-order valence-electron chi connectivity index (χ3n) is 3.69. The predicted octanol–water partition coefficient (Wildman–Crippen LogP) is 4.14. The Morgan fingerprint density at radius 2 is 1.57 bits per heavy atom. The van der Waals surface area contributed by atoms with Gasteiger partial charge >= 0.3 is 0 Å². The Kier molecular flexibility index (Phi) is 4.17. The molecule has 1 N–H and O–H groups in total. The van der Waals surface area contributed by atoms with Crippen LogP contribution in [0.25, 0.3) is 10.8 Å². The van der Waals surface area contributed by atoms with Gasteiger partial charge in [0.05, 0.1) is 7.11 Å². The number of hydrogen-bond acceptors (Lipinski definition) is 2. The van der Waals surface area contributed by atoms with Crippen molar-refractivity contribution in [2.24, 2.45) is 0 Å². The highest BCUT2D eigenvalue weighted by atomic mass is 16.5. The summed E-state index contributed by atoms with van der Waals surface area (Å²) in [6.45, 7) is 1.65. The molecule has 3 aromatic carbocycles. The first-order valence-electron chi connectivity index (χ1n) is 7.18. The fourth-order valence-electron chi connectivity index (χ4n) is 2.62. The molecule has 0 fully saturated rings. The maximum Gasteiger partial charge on any atom is 0.123 e. The van der Waals surface area contributed by atoms with Gasteiger partial charge in [0.15, 0.2) is 0 Å². The molecule has 0 radical (unpaired) electrons. The van der Waals surface area contributed by atoms with Crippen LogP contribution in [0.1, 0.15) is 11.1 Å². The zero-order valence-corrected chi connectivity index (χ0v) is 12.2. The van der Waals surface area contributed by atoms with Gasteiger partial charge < -0.3 is 10.1 Å². The van der Waals surface area contributed by atoms with Crippen LogP contribution >= 0.6 is 0 Å². The number of rotatable bonds is 5. The summed E-state index contributed by atoms with van der Waals surface area (Å²) in [6.07, 6.45) is 0. The predicted molar refractivity (Wildman–Crippen MR) is 87.5 cm³/mol. The van der Waals surface area contributed by atoms with Gasteiger partial charge in [0, 0.05) is 18.7 Å². The zero-order valence-electron chi connectivity index (χ0n) is 12.2. The third kappa shape index (κ3) is 3.06. The topological polar surface area (TPSA) is 21.3 Å². The van der Waals surface area contributed by atoms with Crippen molar-refractivity contribution in [2.75, 3.05) is 7.11 Å². The monoisotopic (exact) mass is 277 g/mol. The average Bonchev–Trinajstić information content (AvgIpc) is 2.56. The molecule has 0 aliphatic heterocycles. The molecule has 0 saturated heterocycles. The van der Waals surface area contributed by atoms with E-state index in [9.17, 15) is 0 Å². The molecule has 21 heavy (non-hydrogen) atoms. The Labute approximate surface area is 125 Å². The molecule has 0 spiro atoms.